The molecule has 0 saturated carbocycles. The number of aromatic nitrogens is 3. The van der Waals surface area contributed by atoms with E-state index in [0.29, 0.717) is 5.82 Å². The van der Waals surface area contributed by atoms with Gasteiger partial charge in [-0.1, -0.05) is 30.0 Å². The summed E-state index contributed by atoms with van der Waals surface area (Å²) >= 11 is 1.58. The number of hydrogen-bond donors (Lipinski definition) is 1. The predicted octanol–water partition coefficient (Wildman–Crippen LogP) is 3.44. The van der Waals surface area contributed by atoms with Crippen molar-refractivity contribution in [3.8, 4) is 22.4 Å². The minimum atomic E-state index is 0.617. The van der Waals surface area contributed by atoms with Crippen molar-refractivity contribution in [1.29, 1.82) is 0 Å². The lowest BCUT2D eigenvalue weighted by atomic mass is 10.2. The van der Waals surface area contributed by atoms with Gasteiger partial charge in [-0.3, -0.25) is 9.38 Å². The topological polar surface area (TPSA) is 56.2 Å². The zero-order valence-electron chi connectivity index (χ0n) is 12.1. The standard InChI is InChI=1S/C18H12N4S/c19-18-17(21-16-12-20-10-11-22(16)18)15-9-8-14(23-15)7-6-13-4-2-1-3-5-13/h1-5,8-12H,19H2. The molecule has 0 amide bonds. The quantitative estimate of drug-likeness (QED) is 0.547. The molecular weight excluding hydrogens is 304 g/mol. The first kappa shape index (κ1) is 13.6. The normalized spacial score (nSPS) is 10.4. The van der Waals surface area contributed by atoms with Crippen LogP contribution in [0.3, 0.4) is 0 Å². The lowest BCUT2D eigenvalue weighted by Crippen LogP contribution is -1.93. The molecule has 0 aliphatic carbocycles. The van der Waals surface area contributed by atoms with Crippen molar-refractivity contribution >= 4 is 22.8 Å². The molecular formula is C18H12N4S. The van der Waals surface area contributed by atoms with Gasteiger partial charge in [0.2, 0.25) is 0 Å². The maximum Gasteiger partial charge on any atom is 0.157 e. The number of benzene rings is 1. The van der Waals surface area contributed by atoms with Gasteiger partial charge in [-0.2, -0.15) is 0 Å². The molecule has 0 aliphatic rings. The largest absolute Gasteiger partial charge is 0.383 e. The first-order chi connectivity index (χ1) is 11.3. The number of anilines is 1. The van der Waals surface area contributed by atoms with Crippen LogP contribution in [0.25, 0.3) is 16.2 Å². The Hall–Kier alpha value is -3.10. The molecule has 0 bridgehead atoms. The summed E-state index contributed by atoms with van der Waals surface area (Å²) in [5.74, 6) is 6.96. The van der Waals surface area contributed by atoms with Crippen molar-refractivity contribution < 1.29 is 0 Å². The molecule has 0 unspecified atom stereocenters. The molecule has 3 aromatic heterocycles. The Morgan fingerprint density at radius 1 is 1.04 bits per heavy atom. The van der Waals surface area contributed by atoms with E-state index in [0.717, 1.165) is 26.7 Å². The summed E-state index contributed by atoms with van der Waals surface area (Å²) in [5, 5.41) is 0. The first-order valence-corrected chi connectivity index (χ1v) is 7.88. The number of nitrogens with zero attached hydrogens (tertiary/aromatic N) is 3. The van der Waals surface area contributed by atoms with Crippen LogP contribution in [-0.2, 0) is 0 Å². The van der Waals surface area contributed by atoms with Crippen molar-refractivity contribution in [3.63, 3.8) is 0 Å². The first-order valence-electron chi connectivity index (χ1n) is 7.06. The molecule has 23 heavy (non-hydrogen) atoms. The lowest BCUT2D eigenvalue weighted by molar-refractivity contribution is 1.13. The van der Waals surface area contributed by atoms with Crippen LogP contribution in [0.2, 0.25) is 0 Å². The van der Waals surface area contributed by atoms with Crippen LogP contribution in [0.15, 0.2) is 61.1 Å². The van der Waals surface area contributed by atoms with Crippen molar-refractivity contribution in [2.24, 2.45) is 0 Å². The van der Waals surface area contributed by atoms with E-state index in [9.17, 15) is 0 Å². The highest BCUT2D eigenvalue weighted by Gasteiger charge is 2.12. The van der Waals surface area contributed by atoms with Crippen molar-refractivity contribution in [3.05, 3.63) is 71.5 Å². The Balaban J connectivity index is 1.70. The molecule has 5 heteroatoms. The summed E-state index contributed by atoms with van der Waals surface area (Å²) in [5.41, 5.74) is 8.70. The van der Waals surface area contributed by atoms with Crippen LogP contribution in [0.5, 0.6) is 0 Å². The minimum Gasteiger partial charge on any atom is -0.383 e. The van der Waals surface area contributed by atoms with E-state index in [1.807, 2.05) is 53.1 Å². The van der Waals surface area contributed by atoms with Crippen LogP contribution in [0.4, 0.5) is 5.82 Å². The zero-order valence-corrected chi connectivity index (χ0v) is 12.9. The van der Waals surface area contributed by atoms with Gasteiger partial charge in [0.1, 0.15) is 11.5 Å². The Labute approximate surface area is 137 Å². The number of thiophene rings is 1. The van der Waals surface area contributed by atoms with Crippen LogP contribution in [0.1, 0.15) is 10.4 Å². The molecule has 0 spiro atoms. The highest BCUT2D eigenvalue weighted by Crippen LogP contribution is 2.31. The number of imidazole rings is 1. The Morgan fingerprint density at radius 3 is 2.74 bits per heavy atom. The second-order valence-electron chi connectivity index (χ2n) is 4.93. The van der Waals surface area contributed by atoms with Crippen LogP contribution < -0.4 is 5.73 Å². The molecule has 0 aliphatic heterocycles. The summed E-state index contributed by atoms with van der Waals surface area (Å²) in [7, 11) is 0. The highest BCUT2D eigenvalue weighted by molar-refractivity contribution is 7.16. The lowest BCUT2D eigenvalue weighted by Gasteiger charge is -1.94. The fourth-order valence-corrected chi connectivity index (χ4v) is 3.15. The monoisotopic (exact) mass is 316 g/mol. The second-order valence-corrected chi connectivity index (χ2v) is 6.01. The minimum absolute atomic E-state index is 0.617. The molecule has 0 radical (unpaired) electrons. The van der Waals surface area contributed by atoms with E-state index < -0.39 is 0 Å². The third-order valence-electron chi connectivity index (χ3n) is 3.41. The Kier molecular flexibility index (Phi) is 3.30. The average Bonchev–Trinajstić information content (AvgIpc) is 3.19. The Bertz CT molecular complexity index is 1040. The SMILES string of the molecule is Nc1c(-c2ccc(C#Cc3ccccc3)s2)nc2cnccn12. The molecule has 0 saturated heterocycles. The fraction of sp³-hybridized carbons (Fsp3) is 0. The fourth-order valence-electron chi connectivity index (χ4n) is 2.29. The zero-order chi connectivity index (χ0) is 15.6. The summed E-state index contributed by atoms with van der Waals surface area (Å²) in [6.45, 7) is 0. The van der Waals surface area contributed by atoms with Crippen LogP contribution in [-0.4, -0.2) is 14.4 Å². The smallest absolute Gasteiger partial charge is 0.157 e. The van der Waals surface area contributed by atoms with Gasteiger partial charge in [0.25, 0.3) is 0 Å². The maximum atomic E-state index is 6.19. The van der Waals surface area contributed by atoms with Gasteiger partial charge in [-0.25, -0.2) is 4.98 Å². The summed E-state index contributed by atoms with van der Waals surface area (Å²) in [6, 6.07) is 13.9. The van der Waals surface area contributed by atoms with E-state index in [1.54, 1.807) is 23.7 Å². The predicted molar refractivity (Wildman–Crippen MR) is 93.1 cm³/mol. The van der Waals surface area contributed by atoms with E-state index >= 15 is 0 Å². The second kappa shape index (κ2) is 5.59. The summed E-state index contributed by atoms with van der Waals surface area (Å²) in [6.07, 6.45) is 5.20. The number of nitrogen functional groups attached to an aromatic ring is 1. The average molecular weight is 316 g/mol. The van der Waals surface area contributed by atoms with Gasteiger partial charge in [0.15, 0.2) is 5.65 Å². The van der Waals surface area contributed by atoms with Crippen LogP contribution in [0, 0.1) is 11.8 Å². The van der Waals surface area contributed by atoms with Gasteiger partial charge < -0.3 is 5.73 Å². The molecule has 4 aromatic rings. The number of fused-ring (bicyclic) bond motifs is 1. The molecule has 2 N–H and O–H groups in total. The molecule has 4 nitrogen and oxygen atoms in total. The van der Waals surface area contributed by atoms with E-state index in [2.05, 4.69) is 21.8 Å². The van der Waals surface area contributed by atoms with Gasteiger partial charge in [0.05, 0.1) is 16.0 Å². The molecule has 4 rings (SSSR count). The highest BCUT2D eigenvalue weighted by atomic mass is 32.1. The van der Waals surface area contributed by atoms with Gasteiger partial charge in [-0.15, -0.1) is 11.3 Å². The third kappa shape index (κ3) is 2.56. The van der Waals surface area contributed by atoms with E-state index in [4.69, 9.17) is 5.73 Å². The third-order valence-corrected chi connectivity index (χ3v) is 4.42. The number of nitrogens with two attached hydrogens (primary N) is 1. The Morgan fingerprint density at radius 2 is 1.91 bits per heavy atom. The molecule has 0 atom stereocenters. The van der Waals surface area contributed by atoms with E-state index in [1.165, 1.54) is 0 Å². The van der Waals surface area contributed by atoms with Crippen molar-refractivity contribution in [2.75, 3.05) is 5.73 Å². The molecule has 3 heterocycles. The van der Waals surface area contributed by atoms with Crippen molar-refractivity contribution in [1.82, 2.24) is 14.4 Å². The van der Waals surface area contributed by atoms with Crippen molar-refractivity contribution in [2.45, 2.75) is 0 Å². The van der Waals surface area contributed by atoms with Gasteiger partial charge in [0, 0.05) is 18.0 Å². The summed E-state index contributed by atoms with van der Waals surface area (Å²) in [4.78, 5) is 10.6. The molecule has 0 fully saturated rings. The maximum absolute atomic E-state index is 6.19. The molecule has 1 aromatic carbocycles. The van der Waals surface area contributed by atoms with Crippen LogP contribution >= 0.6 is 11.3 Å². The molecule has 110 valence electrons. The summed E-state index contributed by atoms with van der Waals surface area (Å²) < 4.78 is 1.83. The number of rotatable bonds is 1. The number of hydrogen-bond acceptors (Lipinski definition) is 4. The van der Waals surface area contributed by atoms with Gasteiger partial charge >= 0.3 is 0 Å². The van der Waals surface area contributed by atoms with Gasteiger partial charge in [-0.05, 0) is 24.3 Å². The van der Waals surface area contributed by atoms with E-state index in [-0.39, 0.29) is 0 Å².